The Morgan fingerprint density at radius 2 is 1.93 bits per heavy atom. The molecule has 4 rings (SSSR count). The molecule has 0 aliphatic carbocycles. The lowest BCUT2D eigenvalue weighted by Gasteiger charge is -2.31. The van der Waals surface area contributed by atoms with Crippen LogP contribution in [0.15, 0.2) is 48.8 Å². The van der Waals surface area contributed by atoms with E-state index in [2.05, 4.69) is 20.2 Å². The van der Waals surface area contributed by atoms with Gasteiger partial charge < -0.3 is 14.4 Å². The molecule has 0 spiro atoms. The summed E-state index contributed by atoms with van der Waals surface area (Å²) in [5.74, 6) is 0.353. The third kappa shape index (κ3) is 3.93. The van der Waals surface area contributed by atoms with Crippen molar-refractivity contribution in [2.24, 2.45) is 0 Å². The van der Waals surface area contributed by atoms with Crippen molar-refractivity contribution >= 4 is 5.91 Å². The number of carbonyl (C=O) groups is 1. The molecule has 1 amide bonds. The molecule has 3 aromatic rings. The number of likely N-dealkylation sites (tertiary alicyclic amines) is 1. The van der Waals surface area contributed by atoms with Crippen LogP contribution < -0.4 is 9.47 Å². The van der Waals surface area contributed by atoms with Crippen LogP contribution in [0.2, 0.25) is 0 Å². The molecular formula is C19H20N6O3. The molecule has 0 radical (unpaired) electrons. The van der Waals surface area contributed by atoms with Crippen molar-refractivity contribution in [1.29, 1.82) is 0 Å². The van der Waals surface area contributed by atoms with Crippen LogP contribution in [0.3, 0.4) is 0 Å². The number of para-hydroxylation sites is 1. The van der Waals surface area contributed by atoms with Crippen molar-refractivity contribution < 1.29 is 14.3 Å². The summed E-state index contributed by atoms with van der Waals surface area (Å²) >= 11 is 0. The Bertz CT molecular complexity index is 938. The molecule has 0 saturated carbocycles. The minimum absolute atomic E-state index is 0.0105. The Kier molecular flexibility index (Phi) is 5.14. The van der Waals surface area contributed by atoms with Crippen LogP contribution in [0.5, 0.6) is 11.9 Å². The van der Waals surface area contributed by atoms with Crippen LogP contribution >= 0.6 is 0 Å². The van der Waals surface area contributed by atoms with Gasteiger partial charge in [-0.25, -0.2) is 4.98 Å². The van der Waals surface area contributed by atoms with Gasteiger partial charge in [-0.1, -0.05) is 18.2 Å². The van der Waals surface area contributed by atoms with E-state index >= 15 is 0 Å². The lowest BCUT2D eigenvalue weighted by Crippen LogP contribution is -2.42. The lowest BCUT2D eigenvalue weighted by atomic mass is 10.1. The van der Waals surface area contributed by atoms with Gasteiger partial charge in [-0.3, -0.25) is 4.79 Å². The van der Waals surface area contributed by atoms with Crippen LogP contribution in [0.25, 0.3) is 5.69 Å². The maximum atomic E-state index is 12.7. The van der Waals surface area contributed by atoms with Crippen LogP contribution in [-0.2, 0) is 0 Å². The number of methoxy groups -OCH3 is 1. The van der Waals surface area contributed by atoms with E-state index in [4.69, 9.17) is 9.47 Å². The summed E-state index contributed by atoms with van der Waals surface area (Å²) in [5.41, 5.74) is 1.15. The fourth-order valence-corrected chi connectivity index (χ4v) is 3.05. The summed E-state index contributed by atoms with van der Waals surface area (Å²) in [6.45, 7) is 1.17. The fourth-order valence-electron chi connectivity index (χ4n) is 3.05. The average Bonchev–Trinajstić information content (AvgIpc) is 3.25. The van der Waals surface area contributed by atoms with E-state index in [1.54, 1.807) is 17.2 Å². The van der Waals surface area contributed by atoms with E-state index in [1.165, 1.54) is 18.1 Å². The van der Waals surface area contributed by atoms with Crippen LogP contribution in [-0.4, -0.2) is 62.1 Å². The number of carbonyl (C=O) groups excluding carboxylic acids is 1. The molecule has 1 fully saturated rings. The monoisotopic (exact) mass is 380 g/mol. The lowest BCUT2D eigenvalue weighted by molar-refractivity contribution is 0.0581. The maximum absolute atomic E-state index is 12.7. The molecule has 1 aromatic carbocycles. The largest absolute Gasteiger partial charge is 0.474 e. The van der Waals surface area contributed by atoms with Crippen molar-refractivity contribution in [3.8, 4) is 17.6 Å². The predicted octanol–water partition coefficient (Wildman–Crippen LogP) is 1.75. The van der Waals surface area contributed by atoms with Gasteiger partial charge in [0.05, 0.1) is 19.0 Å². The molecule has 144 valence electrons. The van der Waals surface area contributed by atoms with Gasteiger partial charge >= 0.3 is 6.01 Å². The quantitative estimate of drug-likeness (QED) is 0.665. The van der Waals surface area contributed by atoms with Gasteiger partial charge in [0.15, 0.2) is 5.69 Å². The number of hydrogen-bond acceptors (Lipinski definition) is 7. The van der Waals surface area contributed by atoms with E-state index in [0.29, 0.717) is 37.5 Å². The number of ether oxygens (including phenoxy) is 2. The van der Waals surface area contributed by atoms with Gasteiger partial charge in [0.2, 0.25) is 5.88 Å². The average molecular weight is 380 g/mol. The third-order valence-corrected chi connectivity index (χ3v) is 4.51. The van der Waals surface area contributed by atoms with Gasteiger partial charge in [-0.2, -0.15) is 14.9 Å². The first-order valence-electron chi connectivity index (χ1n) is 9.03. The number of nitrogens with zero attached hydrogens (tertiary/aromatic N) is 6. The molecule has 28 heavy (non-hydrogen) atoms. The van der Waals surface area contributed by atoms with E-state index < -0.39 is 0 Å². The molecule has 1 saturated heterocycles. The standard InChI is InChI=1S/C19H20N6O3/c1-27-19-20-10-7-17(22-19)28-15-8-11-24(12-9-15)18(26)16-13-21-25(23-16)14-5-3-2-4-6-14/h2-7,10,13,15H,8-9,11-12H2,1H3. The van der Waals surface area contributed by atoms with Gasteiger partial charge in [-0.05, 0) is 12.1 Å². The highest BCUT2D eigenvalue weighted by Gasteiger charge is 2.26. The maximum Gasteiger partial charge on any atom is 0.319 e. The Morgan fingerprint density at radius 3 is 2.68 bits per heavy atom. The van der Waals surface area contributed by atoms with Crippen molar-refractivity contribution in [3.63, 3.8) is 0 Å². The number of benzene rings is 1. The van der Waals surface area contributed by atoms with Gasteiger partial charge in [0, 0.05) is 38.2 Å². The van der Waals surface area contributed by atoms with Crippen LogP contribution in [0.4, 0.5) is 0 Å². The summed E-state index contributed by atoms with van der Waals surface area (Å²) in [7, 11) is 1.51. The second kappa shape index (κ2) is 8.03. The number of piperidine rings is 1. The molecule has 0 atom stereocenters. The number of aromatic nitrogens is 5. The van der Waals surface area contributed by atoms with E-state index in [-0.39, 0.29) is 18.0 Å². The summed E-state index contributed by atoms with van der Waals surface area (Å²) in [6, 6.07) is 11.5. The van der Waals surface area contributed by atoms with Crippen molar-refractivity contribution in [2.45, 2.75) is 18.9 Å². The zero-order valence-electron chi connectivity index (χ0n) is 15.4. The number of amides is 1. The van der Waals surface area contributed by atoms with E-state index in [0.717, 1.165) is 5.69 Å². The smallest absolute Gasteiger partial charge is 0.319 e. The summed E-state index contributed by atoms with van der Waals surface area (Å²) in [6.07, 6.45) is 4.51. The number of rotatable bonds is 5. The predicted molar refractivity (Wildman–Crippen MR) is 99.5 cm³/mol. The highest BCUT2D eigenvalue weighted by molar-refractivity contribution is 5.92. The topological polar surface area (TPSA) is 95.3 Å². The van der Waals surface area contributed by atoms with Crippen LogP contribution in [0, 0.1) is 0 Å². The van der Waals surface area contributed by atoms with Crippen molar-refractivity contribution in [2.75, 3.05) is 20.2 Å². The molecule has 0 N–H and O–H groups in total. The SMILES string of the molecule is COc1nccc(OC2CCN(C(=O)c3cnn(-c4ccccc4)n3)CC2)n1. The van der Waals surface area contributed by atoms with Crippen molar-refractivity contribution in [3.05, 3.63) is 54.5 Å². The normalized spacial score (nSPS) is 14.7. The fraction of sp³-hybridized carbons (Fsp3) is 0.316. The summed E-state index contributed by atoms with van der Waals surface area (Å²) in [5, 5.41) is 8.51. The Morgan fingerprint density at radius 1 is 1.14 bits per heavy atom. The number of hydrogen-bond donors (Lipinski definition) is 0. The van der Waals surface area contributed by atoms with Crippen LogP contribution in [0.1, 0.15) is 23.3 Å². The first kappa shape index (κ1) is 17.9. The first-order chi connectivity index (χ1) is 13.7. The molecule has 1 aliphatic heterocycles. The molecule has 9 heteroatoms. The highest BCUT2D eigenvalue weighted by Crippen LogP contribution is 2.19. The first-order valence-corrected chi connectivity index (χ1v) is 9.03. The van der Waals surface area contributed by atoms with E-state index in [1.807, 2.05) is 30.3 Å². The van der Waals surface area contributed by atoms with Crippen molar-refractivity contribution in [1.82, 2.24) is 29.9 Å². The molecule has 1 aliphatic rings. The highest BCUT2D eigenvalue weighted by atomic mass is 16.5. The second-order valence-electron chi connectivity index (χ2n) is 6.35. The molecule has 2 aromatic heterocycles. The summed E-state index contributed by atoms with van der Waals surface area (Å²) in [4.78, 5) is 24.1. The Labute approximate surface area is 161 Å². The second-order valence-corrected chi connectivity index (χ2v) is 6.35. The molecular weight excluding hydrogens is 360 g/mol. The molecule has 0 unspecified atom stereocenters. The van der Waals surface area contributed by atoms with Gasteiger partial charge in [0.1, 0.15) is 6.10 Å². The molecule has 9 nitrogen and oxygen atoms in total. The minimum Gasteiger partial charge on any atom is -0.474 e. The third-order valence-electron chi connectivity index (χ3n) is 4.51. The summed E-state index contributed by atoms with van der Waals surface area (Å²) < 4.78 is 10.9. The zero-order chi connectivity index (χ0) is 19.3. The zero-order valence-corrected chi connectivity index (χ0v) is 15.4. The Hall–Kier alpha value is -3.49. The molecule has 3 heterocycles. The van der Waals surface area contributed by atoms with Gasteiger partial charge in [-0.15, -0.1) is 5.10 Å². The van der Waals surface area contributed by atoms with E-state index in [9.17, 15) is 4.79 Å². The molecule has 0 bridgehead atoms. The van der Waals surface area contributed by atoms with Gasteiger partial charge in [0.25, 0.3) is 5.91 Å². The Balaban J connectivity index is 1.34. The minimum atomic E-state index is -0.121.